The number of rotatable bonds is 2. The highest BCUT2D eigenvalue weighted by Gasteiger charge is 2.58. The van der Waals surface area contributed by atoms with Crippen LogP contribution in [-0.4, -0.2) is 23.9 Å². The molecule has 0 bridgehead atoms. The molecule has 1 N–H and O–H groups in total. The summed E-state index contributed by atoms with van der Waals surface area (Å²) in [4.78, 5) is 0. The van der Waals surface area contributed by atoms with Crippen molar-refractivity contribution in [2.75, 3.05) is 13.2 Å². The van der Waals surface area contributed by atoms with Gasteiger partial charge in [0, 0.05) is 6.61 Å². The molecular weight excluding hydrogens is 238 g/mol. The van der Waals surface area contributed by atoms with E-state index in [0.717, 1.165) is 38.7 Å². The van der Waals surface area contributed by atoms with Crippen molar-refractivity contribution >= 4 is 0 Å². The molecule has 1 saturated carbocycles. The van der Waals surface area contributed by atoms with E-state index in [1.54, 1.807) is 0 Å². The van der Waals surface area contributed by atoms with Gasteiger partial charge in [-0.15, -0.1) is 0 Å². The average Bonchev–Trinajstić information content (AvgIpc) is 2.38. The molecule has 0 amide bonds. The van der Waals surface area contributed by atoms with E-state index in [1.165, 1.54) is 0 Å². The summed E-state index contributed by atoms with van der Waals surface area (Å²) in [6.45, 7) is 7.65. The lowest BCUT2D eigenvalue weighted by Crippen LogP contribution is -2.60. The summed E-state index contributed by atoms with van der Waals surface area (Å²) in [7, 11) is 0. The summed E-state index contributed by atoms with van der Waals surface area (Å²) in [6, 6.07) is 2.46. The Morgan fingerprint density at radius 1 is 1.37 bits per heavy atom. The average molecular weight is 265 g/mol. The van der Waals surface area contributed by atoms with Crippen LogP contribution in [0.3, 0.4) is 0 Å². The van der Waals surface area contributed by atoms with Gasteiger partial charge in [0.25, 0.3) is 0 Å². The largest absolute Gasteiger partial charge is 0.388 e. The Bertz CT molecular complexity index is 354. The van der Waals surface area contributed by atoms with Crippen LogP contribution in [0, 0.1) is 34.5 Å². The number of hydrogen-bond acceptors (Lipinski definition) is 3. The van der Waals surface area contributed by atoms with Gasteiger partial charge in [-0.25, -0.2) is 0 Å². The van der Waals surface area contributed by atoms with Crippen molar-refractivity contribution in [1.29, 1.82) is 5.26 Å². The molecule has 1 aliphatic carbocycles. The fourth-order valence-corrected chi connectivity index (χ4v) is 4.24. The lowest BCUT2D eigenvalue weighted by Gasteiger charge is -2.53. The van der Waals surface area contributed by atoms with Gasteiger partial charge in [0.05, 0.1) is 18.3 Å². The van der Waals surface area contributed by atoms with E-state index in [-0.39, 0.29) is 5.92 Å². The second-order valence-corrected chi connectivity index (χ2v) is 7.01. The van der Waals surface area contributed by atoms with E-state index >= 15 is 0 Å². The first-order valence-electron chi connectivity index (χ1n) is 7.66. The van der Waals surface area contributed by atoms with Crippen LogP contribution in [0.5, 0.6) is 0 Å². The third-order valence-corrected chi connectivity index (χ3v) is 5.33. The molecule has 3 nitrogen and oxygen atoms in total. The summed E-state index contributed by atoms with van der Waals surface area (Å²) in [5, 5.41) is 21.2. The van der Waals surface area contributed by atoms with E-state index in [2.05, 4.69) is 26.8 Å². The van der Waals surface area contributed by atoms with E-state index < -0.39 is 11.0 Å². The number of nitriles is 1. The van der Waals surface area contributed by atoms with Gasteiger partial charge in [0.1, 0.15) is 5.41 Å². The smallest absolute Gasteiger partial charge is 0.110 e. The molecule has 4 unspecified atom stereocenters. The predicted octanol–water partition coefficient (Wildman–Crippen LogP) is 3.13. The molecule has 4 atom stereocenters. The van der Waals surface area contributed by atoms with Gasteiger partial charge in [-0.05, 0) is 43.4 Å². The van der Waals surface area contributed by atoms with Gasteiger partial charge in [-0.1, -0.05) is 27.2 Å². The highest BCUT2D eigenvalue weighted by molar-refractivity contribution is 5.16. The lowest BCUT2D eigenvalue weighted by molar-refractivity contribution is -0.182. The third kappa shape index (κ3) is 2.41. The van der Waals surface area contributed by atoms with Crippen LogP contribution >= 0.6 is 0 Å². The van der Waals surface area contributed by atoms with Crippen molar-refractivity contribution in [2.45, 2.75) is 58.5 Å². The lowest BCUT2D eigenvalue weighted by atomic mass is 9.55. The van der Waals surface area contributed by atoms with Crippen LogP contribution in [0.25, 0.3) is 0 Å². The summed E-state index contributed by atoms with van der Waals surface area (Å²) in [6.07, 6.45) is 4.59. The molecule has 0 aromatic rings. The summed E-state index contributed by atoms with van der Waals surface area (Å²) in [5.41, 5.74) is -1.58. The van der Waals surface area contributed by atoms with Crippen molar-refractivity contribution < 1.29 is 9.84 Å². The van der Waals surface area contributed by atoms with Crippen LogP contribution in [0.1, 0.15) is 52.9 Å². The molecule has 1 aliphatic heterocycles. The Balaban J connectivity index is 2.36. The van der Waals surface area contributed by atoms with Gasteiger partial charge >= 0.3 is 0 Å². The zero-order valence-electron chi connectivity index (χ0n) is 12.5. The number of nitrogens with zero attached hydrogens (tertiary/aromatic N) is 1. The number of ether oxygens (including phenoxy) is 1. The van der Waals surface area contributed by atoms with Crippen molar-refractivity contribution in [3.8, 4) is 6.07 Å². The van der Waals surface area contributed by atoms with Crippen LogP contribution < -0.4 is 0 Å². The molecule has 0 spiro atoms. The van der Waals surface area contributed by atoms with Gasteiger partial charge in [-0.2, -0.15) is 5.26 Å². The predicted molar refractivity (Wildman–Crippen MR) is 74.4 cm³/mol. The molecule has 108 valence electrons. The maximum absolute atomic E-state index is 11.4. The normalized spacial score (nSPS) is 44.0. The fourth-order valence-electron chi connectivity index (χ4n) is 4.24. The Labute approximate surface area is 117 Å². The van der Waals surface area contributed by atoms with Crippen LogP contribution in [-0.2, 0) is 4.74 Å². The quantitative estimate of drug-likeness (QED) is 0.834. The molecule has 2 rings (SSSR count). The van der Waals surface area contributed by atoms with Crippen molar-refractivity contribution in [1.82, 2.24) is 0 Å². The van der Waals surface area contributed by atoms with E-state index in [4.69, 9.17) is 4.74 Å². The Hall–Kier alpha value is -0.590. The summed E-state index contributed by atoms with van der Waals surface area (Å²) >= 11 is 0. The SMILES string of the molecule is CC1CCC(C(C)C)C(O)(C2(C#N)CCCOC2)C1. The molecule has 1 saturated heterocycles. The van der Waals surface area contributed by atoms with Crippen molar-refractivity contribution in [2.24, 2.45) is 23.2 Å². The highest BCUT2D eigenvalue weighted by Crippen LogP contribution is 2.53. The van der Waals surface area contributed by atoms with E-state index in [9.17, 15) is 10.4 Å². The second-order valence-electron chi connectivity index (χ2n) is 7.01. The third-order valence-electron chi connectivity index (χ3n) is 5.33. The van der Waals surface area contributed by atoms with Crippen molar-refractivity contribution in [3.63, 3.8) is 0 Å². The first-order chi connectivity index (χ1) is 8.95. The minimum atomic E-state index is -0.881. The van der Waals surface area contributed by atoms with Gasteiger partial charge < -0.3 is 9.84 Å². The molecule has 1 heterocycles. The number of aliphatic hydroxyl groups is 1. The molecule has 0 radical (unpaired) electrons. The Kier molecular flexibility index (Phi) is 4.23. The van der Waals surface area contributed by atoms with Crippen molar-refractivity contribution in [3.05, 3.63) is 0 Å². The summed E-state index contributed by atoms with van der Waals surface area (Å²) < 4.78 is 5.58. The second kappa shape index (κ2) is 5.42. The molecule has 0 aromatic heterocycles. The van der Waals surface area contributed by atoms with Crippen LogP contribution in [0.2, 0.25) is 0 Å². The van der Waals surface area contributed by atoms with Crippen LogP contribution in [0.4, 0.5) is 0 Å². The van der Waals surface area contributed by atoms with Crippen LogP contribution in [0.15, 0.2) is 0 Å². The maximum Gasteiger partial charge on any atom is 0.110 e. The van der Waals surface area contributed by atoms with Gasteiger partial charge in [0.15, 0.2) is 0 Å². The standard InChI is InChI=1S/C16H27NO2/c1-12(2)14-6-5-13(3)9-16(14,18)15(10-17)7-4-8-19-11-15/h12-14,18H,4-9,11H2,1-3H3. The number of hydrogen-bond donors (Lipinski definition) is 1. The highest BCUT2D eigenvalue weighted by atomic mass is 16.5. The van der Waals surface area contributed by atoms with E-state index in [0.29, 0.717) is 18.4 Å². The fraction of sp³-hybridized carbons (Fsp3) is 0.938. The minimum absolute atomic E-state index is 0.213. The monoisotopic (exact) mass is 265 g/mol. The van der Waals surface area contributed by atoms with Gasteiger partial charge in [0.2, 0.25) is 0 Å². The first-order valence-corrected chi connectivity index (χ1v) is 7.66. The molecule has 3 heteroatoms. The maximum atomic E-state index is 11.4. The topological polar surface area (TPSA) is 53.2 Å². The minimum Gasteiger partial charge on any atom is -0.388 e. The zero-order valence-corrected chi connectivity index (χ0v) is 12.5. The molecule has 2 aliphatic rings. The zero-order chi connectivity index (χ0) is 14.1. The Morgan fingerprint density at radius 3 is 2.63 bits per heavy atom. The van der Waals surface area contributed by atoms with E-state index in [1.807, 2.05) is 0 Å². The molecule has 19 heavy (non-hydrogen) atoms. The Morgan fingerprint density at radius 2 is 2.11 bits per heavy atom. The molecular formula is C16H27NO2. The summed E-state index contributed by atoms with van der Waals surface area (Å²) in [5.74, 6) is 1.11. The first kappa shape index (κ1) is 14.8. The van der Waals surface area contributed by atoms with Gasteiger partial charge in [-0.3, -0.25) is 0 Å². The molecule has 2 fully saturated rings. The molecule has 0 aromatic carbocycles.